The number of rotatable bonds is 2. The van der Waals surface area contributed by atoms with E-state index in [1.807, 2.05) is 23.1 Å². The summed E-state index contributed by atoms with van der Waals surface area (Å²) in [4.78, 5) is 3.94. The molecule has 2 aromatic rings. The molecule has 0 saturated heterocycles. The Bertz CT molecular complexity index is 459. The number of nitrogen functional groups attached to an aromatic ring is 1. The van der Waals surface area contributed by atoms with Crippen molar-refractivity contribution in [3.63, 3.8) is 0 Å². The molecule has 0 unspecified atom stereocenters. The molecule has 0 aliphatic heterocycles. The van der Waals surface area contributed by atoms with Crippen LogP contribution in [0.25, 0.3) is 5.69 Å². The van der Waals surface area contributed by atoms with Gasteiger partial charge in [-0.25, -0.2) is 9.67 Å². The van der Waals surface area contributed by atoms with Gasteiger partial charge in [0.1, 0.15) is 5.82 Å². The zero-order chi connectivity index (χ0) is 10.8. The summed E-state index contributed by atoms with van der Waals surface area (Å²) in [6, 6.07) is 3.69. The summed E-state index contributed by atoms with van der Waals surface area (Å²) >= 11 is 0. The predicted molar refractivity (Wildman–Crippen MR) is 59.9 cm³/mol. The maximum atomic E-state index is 5.61. The molecule has 4 nitrogen and oxygen atoms in total. The lowest BCUT2D eigenvalue weighted by Crippen LogP contribution is -1.97. The molecule has 0 fully saturated rings. The number of hydrogen-bond donors (Lipinski definition) is 1. The van der Waals surface area contributed by atoms with Crippen LogP contribution in [0.3, 0.4) is 0 Å². The average molecular weight is 202 g/mol. The van der Waals surface area contributed by atoms with E-state index in [0.717, 1.165) is 5.69 Å². The Hall–Kier alpha value is -1.84. The topological polar surface area (TPSA) is 56.7 Å². The van der Waals surface area contributed by atoms with Crippen molar-refractivity contribution < 1.29 is 0 Å². The van der Waals surface area contributed by atoms with Crippen LogP contribution in [0.15, 0.2) is 30.7 Å². The van der Waals surface area contributed by atoms with Crippen molar-refractivity contribution in [3.8, 4) is 5.69 Å². The third kappa shape index (κ3) is 1.98. The van der Waals surface area contributed by atoms with Crippen molar-refractivity contribution in [1.82, 2.24) is 14.8 Å². The quantitative estimate of drug-likeness (QED) is 0.810. The van der Waals surface area contributed by atoms with Gasteiger partial charge in [0.05, 0.1) is 11.9 Å². The summed E-state index contributed by atoms with van der Waals surface area (Å²) in [5.41, 5.74) is 7.76. The van der Waals surface area contributed by atoms with Crippen molar-refractivity contribution in [2.24, 2.45) is 0 Å². The molecule has 2 rings (SSSR count). The molecule has 0 atom stereocenters. The lowest BCUT2D eigenvalue weighted by Gasteiger charge is -2.01. The Kier molecular flexibility index (Phi) is 2.41. The first-order valence-corrected chi connectivity index (χ1v) is 4.93. The first-order chi connectivity index (χ1) is 7.16. The van der Waals surface area contributed by atoms with Gasteiger partial charge in [-0.2, -0.15) is 5.10 Å². The highest BCUT2D eigenvalue weighted by atomic mass is 15.3. The van der Waals surface area contributed by atoms with Crippen LogP contribution >= 0.6 is 0 Å². The van der Waals surface area contributed by atoms with Crippen LogP contribution in [-0.2, 0) is 0 Å². The normalized spacial score (nSPS) is 10.9. The monoisotopic (exact) mass is 202 g/mol. The molecule has 0 aromatic carbocycles. The second-order valence-electron chi connectivity index (χ2n) is 3.81. The Morgan fingerprint density at radius 3 is 2.80 bits per heavy atom. The second kappa shape index (κ2) is 3.73. The molecule has 0 amide bonds. The molecule has 4 heteroatoms. The molecule has 2 N–H and O–H groups in total. The summed E-state index contributed by atoms with van der Waals surface area (Å²) in [5, 5.41) is 4.28. The maximum absolute atomic E-state index is 5.61. The molecule has 15 heavy (non-hydrogen) atoms. The molecule has 0 saturated carbocycles. The summed E-state index contributed by atoms with van der Waals surface area (Å²) in [7, 11) is 0. The average Bonchev–Trinajstić information content (AvgIpc) is 2.66. The van der Waals surface area contributed by atoms with Gasteiger partial charge >= 0.3 is 0 Å². The highest BCUT2D eigenvalue weighted by molar-refractivity contribution is 5.41. The van der Waals surface area contributed by atoms with Crippen LogP contribution in [-0.4, -0.2) is 14.8 Å². The molecule has 2 aromatic heterocycles. The minimum atomic E-state index is 0.484. The van der Waals surface area contributed by atoms with Gasteiger partial charge in [0.15, 0.2) is 0 Å². The fraction of sp³-hybridized carbons (Fsp3) is 0.273. The highest BCUT2D eigenvalue weighted by Crippen LogP contribution is 2.15. The summed E-state index contributed by atoms with van der Waals surface area (Å²) < 4.78 is 1.81. The summed E-state index contributed by atoms with van der Waals surface area (Å²) in [5.74, 6) is 0.993. The van der Waals surface area contributed by atoms with Gasteiger partial charge in [-0.15, -0.1) is 0 Å². The molecular weight excluding hydrogens is 188 g/mol. The SMILES string of the molecule is CC(C)c1cnn(-c2ccnc(N)c2)c1. The fourth-order valence-electron chi connectivity index (χ4n) is 1.36. The van der Waals surface area contributed by atoms with Crippen LogP contribution in [0, 0.1) is 0 Å². The number of nitrogens with two attached hydrogens (primary N) is 1. The Morgan fingerprint density at radius 2 is 2.20 bits per heavy atom. The van der Waals surface area contributed by atoms with Crippen molar-refractivity contribution in [1.29, 1.82) is 0 Å². The minimum absolute atomic E-state index is 0.484. The van der Waals surface area contributed by atoms with Gasteiger partial charge in [-0.05, 0) is 17.5 Å². The fourth-order valence-corrected chi connectivity index (χ4v) is 1.36. The smallest absolute Gasteiger partial charge is 0.125 e. The van der Waals surface area contributed by atoms with Crippen LogP contribution in [0.5, 0.6) is 0 Å². The zero-order valence-electron chi connectivity index (χ0n) is 8.88. The molecule has 0 spiro atoms. The first-order valence-electron chi connectivity index (χ1n) is 4.93. The lowest BCUT2D eigenvalue weighted by molar-refractivity contribution is 0.857. The Morgan fingerprint density at radius 1 is 1.40 bits per heavy atom. The standard InChI is InChI=1S/C11H14N4/c1-8(2)9-6-14-15(7-9)10-3-4-13-11(12)5-10/h3-8H,1-2H3,(H2,12,13). The maximum Gasteiger partial charge on any atom is 0.125 e. The number of anilines is 1. The van der Waals surface area contributed by atoms with Crippen LogP contribution in [0.2, 0.25) is 0 Å². The van der Waals surface area contributed by atoms with Crippen molar-refractivity contribution in [2.75, 3.05) is 5.73 Å². The number of hydrogen-bond acceptors (Lipinski definition) is 3. The van der Waals surface area contributed by atoms with Gasteiger partial charge in [0.2, 0.25) is 0 Å². The number of aromatic nitrogens is 3. The van der Waals surface area contributed by atoms with Gasteiger partial charge in [0.25, 0.3) is 0 Å². The van der Waals surface area contributed by atoms with E-state index < -0.39 is 0 Å². The van der Waals surface area contributed by atoms with E-state index in [1.54, 1.807) is 12.3 Å². The van der Waals surface area contributed by atoms with E-state index >= 15 is 0 Å². The first kappa shape index (κ1) is 9.71. The van der Waals surface area contributed by atoms with Crippen molar-refractivity contribution in [2.45, 2.75) is 19.8 Å². The van der Waals surface area contributed by atoms with Gasteiger partial charge in [-0.3, -0.25) is 0 Å². The van der Waals surface area contributed by atoms with E-state index in [1.165, 1.54) is 5.56 Å². The summed E-state index contributed by atoms with van der Waals surface area (Å²) in [6.07, 6.45) is 5.57. The third-order valence-electron chi connectivity index (χ3n) is 2.30. The van der Waals surface area contributed by atoms with E-state index in [9.17, 15) is 0 Å². The Balaban J connectivity index is 2.37. The molecule has 0 aliphatic rings. The minimum Gasteiger partial charge on any atom is -0.384 e. The highest BCUT2D eigenvalue weighted by Gasteiger charge is 2.04. The predicted octanol–water partition coefficient (Wildman–Crippen LogP) is 1.97. The third-order valence-corrected chi connectivity index (χ3v) is 2.30. The van der Waals surface area contributed by atoms with E-state index in [4.69, 9.17) is 5.73 Å². The van der Waals surface area contributed by atoms with Gasteiger partial charge < -0.3 is 5.73 Å². The van der Waals surface area contributed by atoms with E-state index in [2.05, 4.69) is 23.9 Å². The lowest BCUT2D eigenvalue weighted by atomic mass is 10.1. The molecule has 0 radical (unpaired) electrons. The zero-order valence-corrected chi connectivity index (χ0v) is 8.88. The van der Waals surface area contributed by atoms with Gasteiger partial charge in [-0.1, -0.05) is 13.8 Å². The van der Waals surface area contributed by atoms with Crippen molar-refractivity contribution in [3.05, 3.63) is 36.3 Å². The van der Waals surface area contributed by atoms with Crippen LogP contribution in [0.4, 0.5) is 5.82 Å². The van der Waals surface area contributed by atoms with Crippen LogP contribution < -0.4 is 5.73 Å². The molecule has 0 bridgehead atoms. The molecule has 0 aliphatic carbocycles. The van der Waals surface area contributed by atoms with Crippen LogP contribution in [0.1, 0.15) is 25.3 Å². The van der Waals surface area contributed by atoms with E-state index in [-0.39, 0.29) is 0 Å². The molecule has 78 valence electrons. The van der Waals surface area contributed by atoms with E-state index in [0.29, 0.717) is 11.7 Å². The Labute approximate surface area is 88.8 Å². The van der Waals surface area contributed by atoms with Crippen molar-refractivity contribution >= 4 is 5.82 Å². The largest absolute Gasteiger partial charge is 0.384 e. The number of pyridine rings is 1. The second-order valence-corrected chi connectivity index (χ2v) is 3.81. The molecule has 2 heterocycles. The molecular formula is C11H14N4. The summed E-state index contributed by atoms with van der Waals surface area (Å²) in [6.45, 7) is 4.28. The number of nitrogens with zero attached hydrogens (tertiary/aromatic N) is 3. The van der Waals surface area contributed by atoms with Gasteiger partial charge in [0, 0.05) is 18.5 Å².